The number of para-hydroxylation sites is 1. The zero-order valence-electron chi connectivity index (χ0n) is 13.5. The largest absolute Gasteiger partial charge is 0.324 e. The van der Waals surface area contributed by atoms with E-state index in [1.165, 1.54) is 4.31 Å². The standard InChI is InChI=1S/C19H16N2O3S/c1-13(19(22)20-15-9-3-2-4-10-15)21-16-11-5-7-14-8-6-12-17(18(14)16)25(21,23)24/h2-13H,1H3,(H,20,22). The van der Waals surface area contributed by atoms with Crippen molar-refractivity contribution in [3.05, 3.63) is 66.7 Å². The monoisotopic (exact) mass is 352 g/mol. The second-order valence-corrected chi connectivity index (χ2v) is 7.75. The van der Waals surface area contributed by atoms with E-state index >= 15 is 0 Å². The number of anilines is 2. The predicted molar refractivity (Wildman–Crippen MR) is 98.1 cm³/mol. The first-order valence-electron chi connectivity index (χ1n) is 7.92. The van der Waals surface area contributed by atoms with Crippen LogP contribution < -0.4 is 9.62 Å². The van der Waals surface area contributed by atoms with E-state index in [4.69, 9.17) is 0 Å². The molecule has 4 rings (SSSR count). The van der Waals surface area contributed by atoms with Crippen LogP contribution in [0.2, 0.25) is 0 Å². The summed E-state index contributed by atoms with van der Waals surface area (Å²) >= 11 is 0. The summed E-state index contributed by atoms with van der Waals surface area (Å²) in [6.45, 7) is 1.60. The predicted octanol–water partition coefficient (Wildman–Crippen LogP) is 3.38. The first-order chi connectivity index (χ1) is 12.0. The molecule has 3 aromatic carbocycles. The molecule has 0 bridgehead atoms. The zero-order valence-corrected chi connectivity index (χ0v) is 14.3. The molecule has 126 valence electrons. The number of carbonyl (C=O) groups is 1. The Kier molecular flexibility index (Phi) is 3.51. The van der Waals surface area contributed by atoms with Crippen molar-refractivity contribution in [3.63, 3.8) is 0 Å². The first kappa shape index (κ1) is 15.7. The number of rotatable bonds is 3. The lowest BCUT2D eigenvalue weighted by atomic mass is 10.1. The molecule has 0 aliphatic carbocycles. The van der Waals surface area contributed by atoms with Gasteiger partial charge in [-0.05, 0) is 36.6 Å². The number of amides is 1. The highest BCUT2D eigenvalue weighted by molar-refractivity contribution is 7.93. The van der Waals surface area contributed by atoms with Crippen molar-refractivity contribution in [2.45, 2.75) is 17.9 Å². The zero-order chi connectivity index (χ0) is 17.6. The molecule has 1 aliphatic heterocycles. The molecule has 1 N–H and O–H groups in total. The average Bonchev–Trinajstić information content (AvgIpc) is 2.84. The van der Waals surface area contributed by atoms with Crippen LogP contribution in [0.4, 0.5) is 11.4 Å². The molecule has 0 aromatic heterocycles. The molecule has 0 saturated heterocycles. The minimum atomic E-state index is -3.76. The summed E-state index contributed by atoms with van der Waals surface area (Å²) in [5.41, 5.74) is 1.18. The second-order valence-electron chi connectivity index (χ2n) is 5.96. The highest BCUT2D eigenvalue weighted by atomic mass is 32.2. The van der Waals surface area contributed by atoms with Gasteiger partial charge in [0, 0.05) is 11.1 Å². The van der Waals surface area contributed by atoms with E-state index < -0.39 is 16.1 Å². The van der Waals surface area contributed by atoms with Gasteiger partial charge in [-0.25, -0.2) is 8.42 Å². The summed E-state index contributed by atoms with van der Waals surface area (Å²) in [7, 11) is -3.76. The smallest absolute Gasteiger partial charge is 0.265 e. The van der Waals surface area contributed by atoms with Crippen LogP contribution in [0.15, 0.2) is 71.6 Å². The highest BCUT2D eigenvalue weighted by Crippen LogP contribution is 2.43. The Balaban J connectivity index is 1.76. The van der Waals surface area contributed by atoms with E-state index in [1.807, 2.05) is 30.3 Å². The van der Waals surface area contributed by atoms with Crippen molar-refractivity contribution >= 4 is 38.1 Å². The van der Waals surface area contributed by atoms with Crippen molar-refractivity contribution in [1.82, 2.24) is 0 Å². The van der Waals surface area contributed by atoms with Crippen molar-refractivity contribution in [2.24, 2.45) is 0 Å². The fraction of sp³-hybridized carbons (Fsp3) is 0.105. The molecule has 0 saturated carbocycles. The summed E-state index contributed by atoms with van der Waals surface area (Å²) < 4.78 is 27.2. The van der Waals surface area contributed by atoms with Crippen molar-refractivity contribution in [1.29, 1.82) is 0 Å². The molecule has 0 fully saturated rings. The summed E-state index contributed by atoms with van der Waals surface area (Å²) in [5.74, 6) is -0.375. The Morgan fingerprint density at radius 2 is 1.64 bits per heavy atom. The molecule has 1 heterocycles. The summed E-state index contributed by atoms with van der Waals surface area (Å²) in [4.78, 5) is 12.9. The highest BCUT2D eigenvalue weighted by Gasteiger charge is 2.40. The third kappa shape index (κ3) is 2.37. The van der Waals surface area contributed by atoms with Gasteiger partial charge < -0.3 is 5.32 Å². The lowest BCUT2D eigenvalue weighted by Gasteiger charge is -2.25. The van der Waals surface area contributed by atoms with E-state index in [-0.39, 0.29) is 10.8 Å². The summed E-state index contributed by atoms with van der Waals surface area (Å²) in [6, 6.07) is 18.7. The molecule has 1 unspecified atom stereocenters. The number of hydrogen-bond acceptors (Lipinski definition) is 3. The normalized spacial score (nSPS) is 16.0. The van der Waals surface area contributed by atoms with Gasteiger partial charge in [0.2, 0.25) is 5.91 Å². The third-order valence-corrected chi connectivity index (χ3v) is 6.32. The molecule has 25 heavy (non-hydrogen) atoms. The Bertz CT molecular complexity index is 1070. The molecular formula is C19H16N2O3S. The third-order valence-electron chi connectivity index (χ3n) is 4.39. The molecule has 0 radical (unpaired) electrons. The van der Waals surface area contributed by atoms with Crippen LogP contribution in [0.3, 0.4) is 0 Å². The van der Waals surface area contributed by atoms with Crippen LogP contribution in [-0.4, -0.2) is 20.4 Å². The molecule has 6 heteroatoms. The Morgan fingerprint density at radius 1 is 0.960 bits per heavy atom. The van der Waals surface area contributed by atoms with E-state index in [2.05, 4.69) is 5.32 Å². The molecule has 1 aliphatic rings. The van der Waals surface area contributed by atoms with Crippen molar-refractivity contribution in [2.75, 3.05) is 9.62 Å². The van der Waals surface area contributed by atoms with Gasteiger partial charge in [-0.2, -0.15) is 0 Å². The SMILES string of the molecule is CC(C(=O)Nc1ccccc1)N1c2cccc3cccc(c23)S1(=O)=O. The molecule has 1 atom stereocenters. The van der Waals surface area contributed by atoms with E-state index in [0.29, 0.717) is 16.8 Å². The maximum Gasteiger partial charge on any atom is 0.265 e. The number of nitrogens with zero attached hydrogens (tertiary/aromatic N) is 1. The van der Waals surface area contributed by atoms with Gasteiger partial charge in [0.25, 0.3) is 10.0 Å². The minimum Gasteiger partial charge on any atom is -0.324 e. The van der Waals surface area contributed by atoms with E-state index in [0.717, 1.165) is 5.39 Å². The van der Waals surface area contributed by atoms with Gasteiger partial charge in [-0.15, -0.1) is 0 Å². The topological polar surface area (TPSA) is 66.5 Å². The van der Waals surface area contributed by atoms with E-state index in [1.54, 1.807) is 43.3 Å². The number of hydrogen-bond donors (Lipinski definition) is 1. The van der Waals surface area contributed by atoms with Crippen LogP contribution in [-0.2, 0) is 14.8 Å². The number of sulfonamides is 1. The van der Waals surface area contributed by atoms with Gasteiger partial charge >= 0.3 is 0 Å². The minimum absolute atomic E-state index is 0.250. The lowest BCUT2D eigenvalue weighted by molar-refractivity contribution is -0.116. The van der Waals surface area contributed by atoms with Crippen LogP contribution in [0, 0.1) is 0 Å². The van der Waals surface area contributed by atoms with Crippen LogP contribution in [0.5, 0.6) is 0 Å². The van der Waals surface area contributed by atoms with Crippen LogP contribution in [0.25, 0.3) is 10.8 Å². The molecule has 5 nitrogen and oxygen atoms in total. The van der Waals surface area contributed by atoms with Gasteiger partial charge in [0.15, 0.2) is 0 Å². The number of benzene rings is 3. The van der Waals surface area contributed by atoms with Gasteiger partial charge in [0.1, 0.15) is 6.04 Å². The van der Waals surface area contributed by atoms with E-state index in [9.17, 15) is 13.2 Å². The fourth-order valence-electron chi connectivity index (χ4n) is 3.21. The number of nitrogens with one attached hydrogen (secondary N) is 1. The van der Waals surface area contributed by atoms with Crippen molar-refractivity contribution < 1.29 is 13.2 Å². The maximum atomic E-state index is 13.0. The summed E-state index contributed by atoms with van der Waals surface area (Å²) in [6.07, 6.45) is 0. The maximum absolute atomic E-state index is 13.0. The average molecular weight is 352 g/mol. The fourth-order valence-corrected chi connectivity index (χ4v) is 5.08. The molecule has 3 aromatic rings. The first-order valence-corrected chi connectivity index (χ1v) is 9.36. The molecule has 1 amide bonds. The van der Waals surface area contributed by atoms with Gasteiger partial charge in [-0.1, -0.05) is 42.5 Å². The Labute approximate surface area is 145 Å². The van der Waals surface area contributed by atoms with Gasteiger partial charge in [-0.3, -0.25) is 9.10 Å². The molecular weight excluding hydrogens is 336 g/mol. The van der Waals surface area contributed by atoms with Gasteiger partial charge in [0.05, 0.1) is 10.6 Å². The molecule has 0 spiro atoms. The van der Waals surface area contributed by atoms with Crippen LogP contribution in [0.1, 0.15) is 6.92 Å². The second kappa shape index (κ2) is 5.60. The lowest BCUT2D eigenvalue weighted by Crippen LogP contribution is -2.43. The Hall–Kier alpha value is -2.86. The van der Waals surface area contributed by atoms with Crippen LogP contribution >= 0.6 is 0 Å². The van der Waals surface area contributed by atoms with Crippen molar-refractivity contribution in [3.8, 4) is 0 Å². The quantitative estimate of drug-likeness (QED) is 0.786. The summed E-state index contributed by atoms with van der Waals surface area (Å²) in [5, 5.41) is 4.29. The number of carbonyl (C=O) groups excluding carboxylic acids is 1. The Morgan fingerprint density at radius 3 is 2.36 bits per heavy atom.